The summed E-state index contributed by atoms with van der Waals surface area (Å²) in [6, 6.07) is 12.0. The van der Waals surface area contributed by atoms with Gasteiger partial charge in [-0.2, -0.15) is 8.78 Å². The van der Waals surface area contributed by atoms with Crippen LogP contribution in [0.4, 0.5) is 19.3 Å². The molecule has 2 aromatic carbocycles. The smallest absolute Gasteiger partial charge is 0.387 e. The minimum absolute atomic E-state index is 0.111. The zero-order valence-corrected chi connectivity index (χ0v) is 16.8. The average Bonchev–Trinajstić information content (AvgIpc) is 2.67. The Labute approximate surface area is 173 Å². The van der Waals surface area contributed by atoms with Gasteiger partial charge in [-0.1, -0.05) is 50.2 Å². The second-order valence-electron chi connectivity index (χ2n) is 7.18. The van der Waals surface area contributed by atoms with Crippen LogP contribution in [0.2, 0.25) is 0 Å². The molecule has 2 aromatic rings. The third-order valence-corrected chi connectivity index (χ3v) is 4.79. The van der Waals surface area contributed by atoms with E-state index in [0.717, 1.165) is 5.56 Å². The first kappa shape index (κ1) is 21.3. The Kier molecular flexibility index (Phi) is 6.34. The fraction of sp³-hybridized carbons (Fsp3) is 0.273. The molecule has 3 rings (SSSR count). The Balaban J connectivity index is 2.01. The van der Waals surface area contributed by atoms with Crippen molar-refractivity contribution in [3.05, 3.63) is 70.9 Å². The summed E-state index contributed by atoms with van der Waals surface area (Å²) in [7, 11) is 0. The summed E-state index contributed by atoms with van der Waals surface area (Å²) in [5, 5.41) is 8.10. The van der Waals surface area contributed by atoms with E-state index in [1.54, 1.807) is 25.1 Å². The topological polar surface area (TPSA) is 79.5 Å². The Morgan fingerprint density at radius 1 is 1.10 bits per heavy atom. The highest BCUT2D eigenvalue weighted by atomic mass is 19.3. The molecule has 3 N–H and O–H groups in total. The summed E-state index contributed by atoms with van der Waals surface area (Å²) >= 11 is 0. The lowest BCUT2D eigenvalue weighted by Crippen LogP contribution is -2.46. The monoisotopic (exact) mass is 415 g/mol. The number of hydrogen-bond donors (Lipinski definition) is 3. The van der Waals surface area contributed by atoms with Gasteiger partial charge >= 0.3 is 12.6 Å². The lowest BCUT2D eigenvalue weighted by atomic mass is 9.93. The largest absolute Gasteiger partial charge is 0.434 e. The number of alkyl halides is 2. The molecule has 1 atom stereocenters. The first-order valence-electron chi connectivity index (χ1n) is 9.50. The Morgan fingerprint density at radius 3 is 2.47 bits per heavy atom. The van der Waals surface area contributed by atoms with Crippen molar-refractivity contribution in [1.82, 2.24) is 10.6 Å². The van der Waals surface area contributed by atoms with Gasteiger partial charge in [-0.15, -0.1) is 0 Å². The normalized spacial score (nSPS) is 16.4. The molecule has 8 heteroatoms. The number of carbonyl (C=O) groups is 2. The van der Waals surface area contributed by atoms with Crippen LogP contribution >= 0.6 is 0 Å². The maximum Gasteiger partial charge on any atom is 0.387 e. The van der Waals surface area contributed by atoms with Crippen LogP contribution in [0.15, 0.2) is 59.8 Å². The van der Waals surface area contributed by atoms with Crippen LogP contribution in [0.25, 0.3) is 0 Å². The quantitative estimate of drug-likeness (QED) is 0.641. The summed E-state index contributed by atoms with van der Waals surface area (Å²) in [4.78, 5) is 25.3. The van der Waals surface area contributed by atoms with Gasteiger partial charge in [0, 0.05) is 16.9 Å². The van der Waals surface area contributed by atoms with Crippen molar-refractivity contribution >= 4 is 17.6 Å². The summed E-state index contributed by atoms with van der Waals surface area (Å²) < 4.78 is 30.3. The van der Waals surface area contributed by atoms with Gasteiger partial charge in [0.25, 0.3) is 5.91 Å². The van der Waals surface area contributed by atoms with E-state index in [2.05, 4.69) is 20.7 Å². The highest BCUT2D eigenvalue weighted by Crippen LogP contribution is 2.34. The number of urea groups is 1. The molecule has 0 unspecified atom stereocenters. The van der Waals surface area contributed by atoms with E-state index in [-0.39, 0.29) is 22.8 Å². The number of halogens is 2. The fourth-order valence-electron chi connectivity index (χ4n) is 3.45. The number of rotatable bonds is 6. The van der Waals surface area contributed by atoms with Crippen LogP contribution in [-0.2, 0) is 4.79 Å². The van der Waals surface area contributed by atoms with Gasteiger partial charge in [-0.05, 0) is 30.5 Å². The number of benzene rings is 2. The third kappa shape index (κ3) is 4.59. The highest BCUT2D eigenvalue weighted by Gasteiger charge is 2.33. The van der Waals surface area contributed by atoms with Gasteiger partial charge in [0.15, 0.2) is 0 Å². The zero-order valence-electron chi connectivity index (χ0n) is 16.8. The minimum Gasteiger partial charge on any atom is -0.434 e. The van der Waals surface area contributed by atoms with E-state index in [1.165, 1.54) is 12.1 Å². The van der Waals surface area contributed by atoms with Gasteiger partial charge in [-0.25, -0.2) is 4.79 Å². The predicted molar refractivity (Wildman–Crippen MR) is 109 cm³/mol. The number of allylic oxidation sites excluding steroid dienone is 1. The number of para-hydroxylation sites is 2. The molecule has 0 aliphatic carbocycles. The molecule has 1 aliphatic heterocycles. The van der Waals surface area contributed by atoms with Gasteiger partial charge in [0.2, 0.25) is 0 Å². The molecule has 0 aromatic heterocycles. The highest BCUT2D eigenvalue weighted by molar-refractivity contribution is 6.07. The van der Waals surface area contributed by atoms with E-state index in [0.29, 0.717) is 11.4 Å². The Hall–Kier alpha value is -3.42. The molecule has 0 fully saturated rings. The molecule has 1 heterocycles. The minimum atomic E-state index is -3.04. The summed E-state index contributed by atoms with van der Waals surface area (Å²) in [6.45, 7) is 2.58. The molecular weight excluding hydrogens is 392 g/mol. The van der Waals surface area contributed by atoms with Crippen LogP contribution in [0, 0.1) is 0 Å². The molecule has 6 nitrogen and oxygen atoms in total. The van der Waals surface area contributed by atoms with Crippen molar-refractivity contribution in [2.24, 2.45) is 0 Å². The number of ether oxygens (including phenoxy) is 1. The second-order valence-corrected chi connectivity index (χ2v) is 7.18. The molecule has 3 amide bonds. The third-order valence-electron chi connectivity index (χ3n) is 4.79. The average molecular weight is 415 g/mol. The summed E-state index contributed by atoms with van der Waals surface area (Å²) in [6.07, 6.45) is 0. The Bertz CT molecular complexity index is 989. The van der Waals surface area contributed by atoms with Crippen molar-refractivity contribution in [3.8, 4) is 5.75 Å². The molecule has 30 heavy (non-hydrogen) atoms. The first-order chi connectivity index (χ1) is 14.3. The van der Waals surface area contributed by atoms with E-state index in [9.17, 15) is 18.4 Å². The van der Waals surface area contributed by atoms with Gasteiger partial charge < -0.3 is 20.7 Å². The number of amides is 3. The van der Waals surface area contributed by atoms with Crippen LogP contribution in [-0.4, -0.2) is 18.5 Å². The molecule has 158 valence electrons. The van der Waals surface area contributed by atoms with Gasteiger partial charge in [0.1, 0.15) is 5.75 Å². The molecular formula is C22H23F2N3O3. The number of carbonyl (C=O) groups excluding carboxylic acids is 2. The second kappa shape index (κ2) is 8.94. The SMILES string of the molecule is CC1=C(C(=O)Nc2ccccc2C(C)C)[C@@H](c2ccccc2OC(F)F)NC(=O)N1. The van der Waals surface area contributed by atoms with Crippen LogP contribution in [0.5, 0.6) is 5.75 Å². The lowest BCUT2D eigenvalue weighted by molar-refractivity contribution is -0.113. The van der Waals surface area contributed by atoms with Crippen molar-refractivity contribution < 1.29 is 23.1 Å². The molecule has 1 aliphatic rings. The maximum atomic E-state index is 13.2. The van der Waals surface area contributed by atoms with Gasteiger partial charge in [0.05, 0.1) is 11.6 Å². The van der Waals surface area contributed by atoms with Crippen molar-refractivity contribution in [1.29, 1.82) is 0 Å². The zero-order chi connectivity index (χ0) is 21.8. The molecule has 0 saturated carbocycles. The van der Waals surface area contributed by atoms with E-state index in [1.807, 2.05) is 32.0 Å². The molecule has 0 spiro atoms. The molecule has 0 radical (unpaired) electrons. The number of hydrogen-bond acceptors (Lipinski definition) is 3. The van der Waals surface area contributed by atoms with Gasteiger partial charge in [-0.3, -0.25) is 4.79 Å². The van der Waals surface area contributed by atoms with Crippen LogP contribution in [0.3, 0.4) is 0 Å². The maximum absolute atomic E-state index is 13.2. The fourth-order valence-corrected chi connectivity index (χ4v) is 3.45. The predicted octanol–water partition coefficient (Wildman–Crippen LogP) is 4.68. The number of anilines is 1. The number of nitrogens with one attached hydrogen (secondary N) is 3. The standard InChI is InChI=1S/C22H23F2N3O3/c1-12(2)14-8-4-6-10-16(14)26-20(28)18-13(3)25-22(29)27-19(18)15-9-5-7-11-17(15)30-21(23)24/h4-12,19,21H,1-3H3,(H,26,28)(H2,25,27,29)/t19-/m1/s1. The summed E-state index contributed by atoms with van der Waals surface area (Å²) in [5.41, 5.74) is 2.39. The van der Waals surface area contributed by atoms with Crippen LogP contribution in [0.1, 0.15) is 43.9 Å². The van der Waals surface area contributed by atoms with Crippen molar-refractivity contribution in [2.45, 2.75) is 39.3 Å². The van der Waals surface area contributed by atoms with Crippen molar-refractivity contribution in [2.75, 3.05) is 5.32 Å². The first-order valence-corrected chi connectivity index (χ1v) is 9.50. The molecule has 0 bridgehead atoms. The summed E-state index contributed by atoms with van der Waals surface area (Å²) in [5.74, 6) is -0.387. The Morgan fingerprint density at radius 2 is 1.77 bits per heavy atom. The van der Waals surface area contributed by atoms with Crippen molar-refractivity contribution in [3.63, 3.8) is 0 Å². The molecule has 0 saturated heterocycles. The van der Waals surface area contributed by atoms with E-state index in [4.69, 9.17) is 0 Å². The van der Waals surface area contributed by atoms with Crippen LogP contribution < -0.4 is 20.7 Å². The lowest BCUT2D eigenvalue weighted by Gasteiger charge is -2.30. The van der Waals surface area contributed by atoms with E-state index < -0.39 is 24.6 Å². The van der Waals surface area contributed by atoms with E-state index >= 15 is 0 Å².